The number of carbonyl (C=O) groups excluding carboxylic acids is 2. The predicted molar refractivity (Wildman–Crippen MR) is 120 cm³/mol. The summed E-state index contributed by atoms with van der Waals surface area (Å²) in [6, 6.07) is 11.7. The van der Waals surface area contributed by atoms with Gasteiger partial charge in [0.25, 0.3) is 5.91 Å². The molecule has 2 aromatic heterocycles. The Morgan fingerprint density at radius 1 is 1.21 bits per heavy atom. The number of amides is 2. The Bertz CT molecular complexity index is 1160. The van der Waals surface area contributed by atoms with Crippen molar-refractivity contribution in [1.29, 1.82) is 0 Å². The standard InChI is InChI=1S/C23H27N7O3/c1-28-19-12-17(11-16-8-10-33-14-16)26-29(19)9-7-18(23(28)32)22-25-21(20(24)31)27-30(22)13-15-5-3-2-4-6-15/h2-6,12,16,18H,7-11,13-14H2,1H3,(H2,24,31)/t16?,18-/m0/s1. The second kappa shape index (κ2) is 8.78. The Labute approximate surface area is 191 Å². The van der Waals surface area contributed by atoms with E-state index < -0.39 is 11.8 Å². The van der Waals surface area contributed by atoms with Crippen LogP contribution >= 0.6 is 0 Å². The van der Waals surface area contributed by atoms with Crippen molar-refractivity contribution in [3.63, 3.8) is 0 Å². The van der Waals surface area contributed by atoms with E-state index in [-0.39, 0.29) is 11.7 Å². The highest BCUT2D eigenvalue weighted by molar-refractivity contribution is 5.97. The molecule has 1 aromatic carbocycles. The van der Waals surface area contributed by atoms with Gasteiger partial charge in [0.05, 0.1) is 18.2 Å². The van der Waals surface area contributed by atoms with Gasteiger partial charge in [0.1, 0.15) is 11.6 Å². The normalized spacial score (nSPS) is 20.6. The molecule has 3 aromatic rings. The van der Waals surface area contributed by atoms with Crippen LogP contribution in [0.25, 0.3) is 0 Å². The Hall–Kier alpha value is -3.53. The zero-order valence-electron chi connectivity index (χ0n) is 18.6. The topological polar surface area (TPSA) is 121 Å². The van der Waals surface area contributed by atoms with Crippen LogP contribution in [0, 0.1) is 5.92 Å². The van der Waals surface area contributed by atoms with Crippen molar-refractivity contribution in [2.45, 2.75) is 38.3 Å². The molecule has 2 aliphatic rings. The first-order chi connectivity index (χ1) is 16.0. The molecule has 33 heavy (non-hydrogen) atoms. The maximum Gasteiger partial charge on any atom is 0.288 e. The van der Waals surface area contributed by atoms with E-state index in [0.717, 1.165) is 43.1 Å². The monoisotopic (exact) mass is 449 g/mol. The van der Waals surface area contributed by atoms with E-state index in [1.165, 1.54) is 0 Å². The summed E-state index contributed by atoms with van der Waals surface area (Å²) in [5, 5.41) is 9.07. The second-order valence-electron chi connectivity index (χ2n) is 8.69. The van der Waals surface area contributed by atoms with Crippen LogP contribution in [0.3, 0.4) is 0 Å². The van der Waals surface area contributed by atoms with Crippen LogP contribution in [0.5, 0.6) is 0 Å². The highest BCUT2D eigenvalue weighted by Gasteiger charge is 2.35. The molecule has 4 heterocycles. The minimum Gasteiger partial charge on any atom is -0.381 e. The van der Waals surface area contributed by atoms with Gasteiger partial charge in [-0.15, -0.1) is 5.10 Å². The van der Waals surface area contributed by atoms with Gasteiger partial charge in [0.15, 0.2) is 0 Å². The van der Waals surface area contributed by atoms with E-state index in [2.05, 4.69) is 10.1 Å². The number of likely N-dealkylation sites (N-methyl/N-ethyl adjacent to an activating group) is 1. The maximum absolute atomic E-state index is 13.5. The van der Waals surface area contributed by atoms with Crippen molar-refractivity contribution in [2.24, 2.45) is 11.7 Å². The van der Waals surface area contributed by atoms with E-state index in [0.29, 0.717) is 31.3 Å². The predicted octanol–water partition coefficient (Wildman–Crippen LogP) is 1.35. The molecule has 2 atom stereocenters. The third-order valence-electron chi connectivity index (χ3n) is 6.34. The molecule has 1 fully saturated rings. The van der Waals surface area contributed by atoms with Gasteiger partial charge < -0.3 is 10.5 Å². The molecule has 2 amide bonds. The van der Waals surface area contributed by atoms with Crippen LogP contribution in [0.2, 0.25) is 0 Å². The minimum atomic E-state index is -0.717. The molecule has 0 bridgehead atoms. The number of ether oxygens (including phenoxy) is 1. The zero-order chi connectivity index (χ0) is 22.9. The van der Waals surface area contributed by atoms with Gasteiger partial charge >= 0.3 is 0 Å². The lowest BCUT2D eigenvalue weighted by atomic mass is 10.0. The molecule has 10 heteroatoms. The minimum absolute atomic E-state index is 0.0839. The molecule has 0 saturated carbocycles. The summed E-state index contributed by atoms with van der Waals surface area (Å²) in [4.78, 5) is 31.3. The first kappa shape index (κ1) is 21.3. The van der Waals surface area contributed by atoms with Crippen molar-refractivity contribution in [3.05, 3.63) is 59.3 Å². The number of anilines is 1. The molecule has 0 radical (unpaired) electrons. The lowest BCUT2D eigenvalue weighted by molar-refractivity contribution is -0.120. The number of rotatable bonds is 6. The summed E-state index contributed by atoms with van der Waals surface area (Å²) in [6.45, 7) is 2.51. The molecule has 10 nitrogen and oxygen atoms in total. The molecule has 1 unspecified atom stereocenters. The number of aryl methyl sites for hydroxylation is 1. The fourth-order valence-electron chi connectivity index (χ4n) is 4.58. The van der Waals surface area contributed by atoms with Gasteiger partial charge in [-0.1, -0.05) is 30.3 Å². The van der Waals surface area contributed by atoms with Crippen molar-refractivity contribution >= 4 is 17.6 Å². The van der Waals surface area contributed by atoms with Crippen LogP contribution in [-0.2, 0) is 29.0 Å². The van der Waals surface area contributed by atoms with Crippen molar-refractivity contribution in [1.82, 2.24) is 24.5 Å². The number of hydrogen-bond donors (Lipinski definition) is 1. The van der Waals surface area contributed by atoms with Gasteiger partial charge in [0.2, 0.25) is 11.7 Å². The third-order valence-corrected chi connectivity index (χ3v) is 6.34. The molecule has 5 rings (SSSR count). The first-order valence-corrected chi connectivity index (χ1v) is 11.2. The van der Waals surface area contributed by atoms with Gasteiger partial charge in [-0.2, -0.15) is 5.10 Å². The number of hydrogen-bond acceptors (Lipinski definition) is 6. The van der Waals surface area contributed by atoms with Crippen LogP contribution in [0.4, 0.5) is 5.82 Å². The molecule has 2 N–H and O–H groups in total. The SMILES string of the molecule is CN1C(=O)[C@H](c2nc(C(N)=O)nn2Cc2ccccc2)CCn2nc(CC3CCOC3)cc21. The number of nitrogens with zero attached hydrogens (tertiary/aromatic N) is 6. The molecular weight excluding hydrogens is 422 g/mol. The summed E-state index contributed by atoms with van der Waals surface area (Å²) >= 11 is 0. The van der Waals surface area contributed by atoms with Crippen LogP contribution < -0.4 is 10.6 Å². The third kappa shape index (κ3) is 4.25. The Morgan fingerprint density at radius 2 is 2.03 bits per heavy atom. The molecular formula is C23H27N7O3. The first-order valence-electron chi connectivity index (χ1n) is 11.2. The maximum atomic E-state index is 13.5. The molecule has 172 valence electrons. The van der Waals surface area contributed by atoms with E-state index in [1.807, 2.05) is 41.1 Å². The Balaban J connectivity index is 1.42. The number of primary amides is 1. The van der Waals surface area contributed by atoms with Crippen molar-refractivity contribution in [2.75, 3.05) is 25.2 Å². The lowest BCUT2D eigenvalue weighted by Gasteiger charge is -2.19. The summed E-state index contributed by atoms with van der Waals surface area (Å²) in [6.07, 6.45) is 2.38. The fraction of sp³-hybridized carbons (Fsp3) is 0.435. The van der Waals surface area contributed by atoms with Gasteiger partial charge in [-0.05, 0) is 30.7 Å². The van der Waals surface area contributed by atoms with E-state index >= 15 is 0 Å². The number of aromatic nitrogens is 5. The van der Waals surface area contributed by atoms with Crippen molar-refractivity contribution in [3.8, 4) is 0 Å². The number of benzene rings is 1. The smallest absolute Gasteiger partial charge is 0.288 e. The van der Waals surface area contributed by atoms with Crippen LogP contribution in [0.1, 0.15) is 46.5 Å². The average Bonchev–Trinajstić information content (AvgIpc) is 3.54. The summed E-state index contributed by atoms with van der Waals surface area (Å²) in [5.74, 6) is 0.209. The van der Waals surface area contributed by atoms with Gasteiger partial charge in [-0.25, -0.2) is 14.3 Å². The highest BCUT2D eigenvalue weighted by atomic mass is 16.5. The average molecular weight is 450 g/mol. The van der Waals surface area contributed by atoms with E-state index in [4.69, 9.17) is 15.6 Å². The number of carbonyl (C=O) groups is 2. The quantitative estimate of drug-likeness (QED) is 0.606. The van der Waals surface area contributed by atoms with Gasteiger partial charge in [0, 0.05) is 32.9 Å². The summed E-state index contributed by atoms with van der Waals surface area (Å²) in [5.41, 5.74) is 7.41. The van der Waals surface area contributed by atoms with Crippen LogP contribution in [0.15, 0.2) is 36.4 Å². The Kier molecular flexibility index (Phi) is 5.67. The van der Waals surface area contributed by atoms with Crippen molar-refractivity contribution < 1.29 is 14.3 Å². The number of fused-ring (bicyclic) bond motifs is 1. The fourth-order valence-corrected chi connectivity index (χ4v) is 4.58. The second-order valence-corrected chi connectivity index (χ2v) is 8.69. The highest BCUT2D eigenvalue weighted by Crippen LogP contribution is 2.31. The summed E-state index contributed by atoms with van der Waals surface area (Å²) in [7, 11) is 1.75. The molecule has 0 spiro atoms. The lowest BCUT2D eigenvalue weighted by Crippen LogP contribution is -2.32. The molecule has 2 aliphatic heterocycles. The summed E-state index contributed by atoms with van der Waals surface area (Å²) < 4.78 is 8.98. The van der Waals surface area contributed by atoms with Gasteiger partial charge in [-0.3, -0.25) is 14.5 Å². The van der Waals surface area contributed by atoms with Crippen LogP contribution in [-0.4, -0.2) is 56.6 Å². The zero-order valence-corrected chi connectivity index (χ0v) is 18.6. The van der Waals surface area contributed by atoms with E-state index in [9.17, 15) is 9.59 Å². The molecule has 1 saturated heterocycles. The Morgan fingerprint density at radius 3 is 2.76 bits per heavy atom. The molecule has 0 aliphatic carbocycles. The van der Waals surface area contributed by atoms with E-state index in [1.54, 1.807) is 16.6 Å². The number of nitrogens with two attached hydrogens (primary N) is 1. The largest absolute Gasteiger partial charge is 0.381 e.